The van der Waals surface area contributed by atoms with Crippen LogP contribution in [-0.2, 0) is 0 Å². The van der Waals surface area contributed by atoms with Gasteiger partial charge >= 0.3 is 0 Å². The van der Waals surface area contributed by atoms with Crippen molar-refractivity contribution in [1.82, 2.24) is 0 Å². The van der Waals surface area contributed by atoms with Gasteiger partial charge in [0.05, 0.1) is 0 Å². The van der Waals surface area contributed by atoms with Gasteiger partial charge in [0.2, 0.25) is 0 Å². The maximum atomic E-state index is 5.89. The highest BCUT2D eigenvalue weighted by molar-refractivity contribution is 5.02. The van der Waals surface area contributed by atoms with Gasteiger partial charge in [0.25, 0.3) is 0 Å². The Hall–Kier alpha value is -0.0400. The standard InChI is InChI=1S/C12H23N/c1-4-9-10-5-11(12(9)6-13)8(3)7(10)2/h7-12H,4-6,13H2,1-3H3. The van der Waals surface area contributed by atoms with Crippen LogP contribution in [0.5, 0.6) is 0 Å². The minimum Gasteiger partial charge on any atom is -0.330 e. The monoisotopic (exact) mass is 181 g/mol. The van der Waals surface area contributed by atoms with Crippen LogP contribution >= 0.6 is 0 Å². The quantitative estimate of drug-likeness (QED) is 0.696. The van der Waals surface area contributed by atoms with E-state index in [0.29, 0.717) is 0 Å². The number of hydrogen-bond donors (Lipinski definition) is 1. The van der Waals surface area contributed by atoms with E-state index in [9.17, 15) is 0 Å². The van der Waals surface area contributed by atoms with E-state index in [-0.39, 0.29) is 0 Å². The predicted molar refractivity (Wildman–Crippen MR) is 56.3 cm³/mol. The summed E-state index contributed by atoms with van der Waals surface area (Å²) in [6.07, 6.45) is 2.82. The van der Waals surface area contributed by atoms with Gasteiger partial charge in [0, 0.05) is 0 Å². The zero-order valence-corrected chi connectivity index (χ0v) is 9.16. The molecule has 1 heteroatoms. The summed E-state index contributed by atoms with van der Waals surface area (Å²) in [4.78, 5) is 0. The molecule has 76 valence electrons. The van der Waals surface area contributed by atoms with Crippen molar-refractivity contribution in [3.8, 4) is 0 Å². The number of nitrogens with two attached hydrogens (primary N) is 1. The Balaban J connectivity index is 2.17. The van der Waals surface area contributed by atoms with Crippen LogP contribution in [0.2, 0.25) is 0 Å². The summed E-state index contributed by atoms with van der Waals surface area (Å²) in [6, 6.07) is 0. The fraction of sp³-hybridized carbons (Fsp3) is 1.00. The topological polar surface area (TPSA) is 26.0 Å². The second-order valence-corrected chi connectivity index (χ2v) is 5.25. The lowest BCUT2D eigenvalue weighted by Gasteiger charge is -2.37. The molecule has 6 atom stereocenters. The van der Waals surface area contributed by atoms with E-state index >= 15 is 0 Å². The molecule has 0 spiro atoms. The van der Waals surface area contributed by atoms with Gasteiger partial charge in [0.1, 0.15) is 0 Å². The Kier molecular flexibility index (Phi) is 2.39. The van der Waals surface area contributed by atoms with Crippen molar-refractivity contribution in [2.75, 3.05) is 6.54 Å². The van der Waals surface area contributed by atoms with Gasteiger partial charge in [-0.2, -0.15) is 0 Å². The highest BCUT2D eigenvalue weighted by Gasteiger charge is 2.53. The van der Waals surface area contributed by atoms with Crippen molar-refractivity contribution in [3.63, 3.8) is 0 Å². The molecule has 6 unspecified atom stereocenters. The summed E-state index contributed by atoms with van der Waals surface area (Å²) in [5.74, 6) is 5.63. The van der Waals surface area contributed by atoms with Crippen molar-refractivity contribution >= 4 is 0 Å². The second kappa shape index (κ2) is 3.27. The van der Waals surface area contributed by atoms with Crippen molar-refractivity contribution < 1.29 is 0 Å². The summed E-state index contributed by atoms with van der Waals surface area (Å²) in [6.45, 7) is 8.15. The highest BCUT2D eigenvalue weighted by atomic mass is 14.7. The number of hydrogen-bond acceptors (Lipinski definition) is 1. The molecule has 0 aromatic carbocycles. The molecule has 2 fully saturated rings. The van der Waals surface area contributed by atoms with Crippen LogP contribution in [0, 0.1) is 35.5 Å². The molecule has 13 heavy (non-hydrogen) atoms. The molecule has 1 nitrogen and oxygen atoms in total. The first-order valence-corrected chi connectivity index (χ1v) is 5.90. The fourth-order valence-corrected chi connectivity index (χ4v) is 4.24. The smallest absolute Gasteiger partial charge is 0.00434 e. The lowest BCUT2D eigenvalue weighted by molar-refractivity contribution is 0.118. The summed E-state index contributed by atoms with van der Waals surface area (Å²) in [7, 11) is 0. The van der Waals surface area contributed by atoms with Crippen molar-refractivity contribution in [2.24, 2.45) is 41.2 Å². The molecule has 0 aromatic rings. The van der Waals surface area contributed by atoms with Gasteiger partial charge in [-0.05, 0) is 48.5 Å². The third kappa shape index (κ3) is 1.16. The minimum absolute atomic E-state index is 0.848. The Bertz CT molecular complexity index is 166. The Morgan fingerprint density at radius 1 is 1.08 bits per heavy atom. The largest absolute Gasteiger partial charge is 0.330 e. The fourth-order valence-electron chi connectivity index (χ4n) is 4.24. The lowest BCUT2D eigenvalue weighted by Crippen LogP contribution is -2.36. The SMILES string of the molecule is CCC1C2CC(C(C)C2C)C1CN. The zero-order valence-electron chi connectivity index (χ0n) is 9.16. The molecule has 2 saturated carbocycles. The average molecular weight is 181 g/mol. The van der Waals surface area contributed by atoms with Crippen LogP contribution in [-0.4, -0.2) is 6.54 Å². The minimum atomic E-state index is 0.848. The molecule has 0 aliphatic heterocycles. The molecule has 0 aromatic heterocycles. The molecule has 2 aliphatic carbocycles. The van der Waals surface area contributed by atoms with Crippen LogP contribution in [0.15, 0.2) is 0 Å². The van der Waals surface area contributed by atoms with Crippen LogP contribution in [0.25, 0.3) is 0 Å². The van der Waals surface area contributed by atoms with E-state index in [1.807, 2.05) is 0 Å². The molecule has 2 bridgehead atoms. The molecule has 2 aliphatic rings. The second-order valence-electron chi connectivity index (χ2n) is 5.25. The van der Waals surface area contributed by atoms with Crippen LogP contribution < -0.4 is 5.73 Å². The first-order chi connectivity index (χ1) is 6.20. The summed E-state index contributed by atoms with van der Waals surface area (Å²) < 4.78 is 0. The van der Waals surface area contributed by atoms with Crippen molar-refractivity contribution in [1.29, 1.82) is 0 Å². The van der Waals surface area contributed by atoms with Crippen LogP contribution in [0.4, 0.5) is 0 Å². The van der Waals surface area contributed by atoms with E-state index in [0.717, 1.165) is 42.1 Å². The van der Waals surface area contributed by atoms with E-state index < -0.39 is 0 Å². The summed E-state index contributed by atoms with van der Waals surface area (Å²) >= 11 is 0. The number of rotatable bonds is 2. The van der Waals surface area contributed by atoms with E-state index in [1.54, 1.807) is 0 Å². The van der Waals surface area contributed by atoms with Crippen LogP contribution in [0.3, 0.4) is 0 Å². The number of fused-ring (bicyclic) bond motifs is 2. The summed E-state index contributed by atoms with van der Waals surface area (Å²) in [5.41, 5.74) is 5.89. The zero-order chi connectivity index (χ0) is 9.59. The first kappa shape index (κ1) is 9.51. The molecule has 2 rings (SSSR count). The van der Waals surface area contributed by atoms with Gasteiger partial charge < -0.3 is 5.73 Å². The third-order valence-electron chi connectivity index (χ3n) is 5.12. The maximum absolute atomic E-state index is 5.89. The Morgan fingerprint density at radius 2 is 1.62 bits per heavy atom. The molecule has 0 heterocycles. The van der Waals surface area contributed by atoms with Gasteiger partial charge in [-0.25, -0.2) is 0 Å². The molecule has 2 N–H and O–H groups in total. The highest BCUT2D eigenvalue weighted by Crippen LogP contribution is 2.58. The normalized spacial score (nSPS) is 54.5. The lowest BCUT2D eigenvalue weighted by atomic mass is 9.69. The predicted octanol–water partition coefficient (Wildman–Crippen LogP) is 2.51. The van der Waals surface area contributed by atoms with E-state index in [1.165, 1.54) is 12.8 Å². The van der Waals surface area contributed by atoms with Crippen molar-refractivity contribution in [3.05, 3.63) is 0 Å². The van der Waals surface area contributed by atoms with Gasteiger partial charge in [-0.3, -0.25) is 0 Å². The first-order valence-electron chi connectivity index (χ1n) is 5.90. The van der Waals surface area contributed by atoms with E-state index in [4.69, 9.17) is 5.73 Å². The molecule has 0 saturated heterocycles. The Morgan fingerprint density at radius 3 is 2.08 bits per heavy atom. The van der Waals surface area contributed by atoms with E-state index in [2.05, 4.69) is 20.8 Å². The van der Waals surface area contributed by atoms with Gasteiger partial charge in [0.15, 0.2) is 0 Å². The average Bonchev–Trinajstić information content (AvgIpc) is 2.63. The third-order valence-corrected chi connectivity index (χ3v) is 5.12. The van der Waals surface area contributed by atoms with Gasteiger partial charge in [-0.15, -0.1) is 0 Å². The van der Waals surface area contributed by atoms with Crippen LogP contribution in [0.1, 0.15) is 33.6 Å². The molecular weight excluding hydrogens is 158 g/mol. The molecular formula is C12H23N. The summed E-state index contributed by atoms with van der Waals surface area (Å²) in [5, 5.41) is 0. The molecule has 0 radical (unpaired) electrons. The van der Waals surface area contributed by atoms with Crippen molar-refractivity contribution in [2.45, 2.75) is 33.6 Å². The maximum Gasteiger partial charge on any atom is -0.00434 e. The molecule has 0 amide bonds. The Labute approximate surface area is 82.1 Å². The van der Waals surface area contributed by atoms with Gasteiger partial charge in [-0.1, -0.05) is 27.2 Å².